The number of H-pyrrole nitrogens is 2. The Hall–Kier alpha value is -3.27. The number of benzene rings is 1. The van der Waals surface area contributed by atoms with Gasteiger partial charge >= 0.3 is 5.69 Å². The number of nitrogens with one attached hydrogen (secondary N) is 2. The molecule has 1 aliphatic rings. The van der Waals surface area contributed by atoms with E-state index in [0.717, 1.165) is 11.1 Å². The molecule has 0 bridgehead atoms. The van der Waals surface area contributed by atoms with Crippen molar-refractivity contribution in [3.05, 3.63) is 73.3 Å². The van der Waals surface area contributed by atoms with Crippen molar-refractivity contribution in [3.63, 3.8) is 0 Å². The van der Waals surface area contributed by atoms with Crippen LogP contribution in [0.3, 0.4) is 0 Å². The molecule has 1 aromatic heterocycles. The van der Waals surface area contributed by atoms with Gasteiger partial charge in [0.15, 0.2) is 0 Å². The number of hydrogen-bond donors (Lipinski definition) is 3. The first kappa shape index (κ1) is 13.7. The Morgan fingerprint density at radius 1 is 1.32 bits per heavy atom. The number of ether oxygens (including phenoxy) is 1. The summed E-state index contributed by atoms with van der Waals surface area (Å²) in [4.78, 5) is 28.2. The maximum absolute atomic E-state index is 12.2. The van der Waals surface area contributed by atoms with Gasteiger partial charge < -0.3 is 10.5 Å². The van der Waals surface area contributed by atoms with E-state index in [2.05, 4.69) is 9.97 Å². The number of rotatable bonds is 1. The minimum atomic E-state index is -0.694. The minimum absolute atomic E-state index is 0.0308. The molecule has 0 radical (unpaired) electrons. The molecule has 7 nitrogen and oxygen atoms in total. The number of fused-ring (bicyclic) bond motifs is 1. The van der Waals surface area contributed by atoms with Gasteiger partial charge in [-0.25, -0.2) is 4.79 Å². The molecule has 0 aliphatic carbocycles. The van der Waals surface area contributed by atoms with Crippen molar-refractivity contribution in [2.75, 3.05) is 0 Å². The zero-order chi connectivity index (χ0) is 15.9. The van der Waals surface area contributed by atoms with Gasteiger partial charge in [0.1, 0.15) is 11.6 Å². The van der Waals surface area contributed by atoms with Crippen LogP contribution in [-0.4, -0.2) is 9.97 Å². The lowest BCUT2D eigenvalue weighted by atomic mass is 9.84. The van der Waals surface area contributed by atoms with Gasteiger partial charge in [-0.3, -0.25) is 14.8 Å². The van der Waals surface area contributed by atoms with Crippen LogP contribution in [0.5, 0.6) is 5.88 Å². The molecule has 1 aromatic carbocycles. The third-order valence-corrected chi connectivity index (χ3v) is 3.49. The number of aromatic nitrogens is 2. The second-order valence-corrected chi connectivity index (χ2v) is 4.99. The normalized spacial score (nSPS) is 16.6. The monoisotopic (exact) mass is 296 g/mol. The molecule has 2 aromatic rings. The topological polar surface area (TPSA) is 125 Å². The highest BCUT2D eigenvalue weighted by Crippen LogP contribution is 2.38. The van der Waals surface area contributed by atoms with Crippen molar-refractivity contribution in [1.82, 2.24) is 9.97 Å². The lowest BCUT2D eigenvalue weighted by molar-refractivity contribution is 0.373. The molecule has 7 heteroatoms. The molecular formula is C15H12N4O3. The maximum atomic E-state index is 12.2. The van der Waals surface area contributed by atoms with Gasteiger partial charge in [-0.05, 0) is 12.5 Å². The Bertz CT molecular complexity index is 946. The van der Waals surface area contributed by atoms with Crippen LogP contribution >= 0.6 is 0 Å². The van der Waals surface area contributed by atoms with Crippen molar-refractivity contribution in [3.8, 4) is 11.9 Å². The van der Waals surface area contributed by atoms with Gasteiger partial charge in [-0.15, -0.1) is 0 Å². The molecule has 0 spiro atoms. The summed E-state index contributed by atoms with van der Waals surface area (Å²) < 4.78 is 5.24. The predicted octanol–water partition coefficient (Wildman–Crippen LogP) is 0.590. The summed E-state index contributed by atoms with van der Waals surface area (Å²) in [5, 5.41) is 9.38. The van der Waals surface area contributed by atoms with E-state index in [1.165, 1.54) is 0 Å². The van der Waals surface area contributed by atoms with Gasteiger partial charge in [0.25, 0.3) is 5.56 Å². The van der Waals surface area contributed by atoms with Crippen molar-refractivity contribution < 1.29 is 4.74 Å². The number of allylic oxidation sites excluding steroid dienone is 1. The predicted molar refractivity (Wildman–Crippen MR) is 78.2 cm³/mol. The average Bonchev–Trinajstić information content (AvgIpc) is 2.45. The summed E-state index contributed by atoms with van der Waals surface area (Å²) in [5.41, 5.74) is 6.47. The van der Waals surface area contributed by atoms with E-state index in [1.54, 1.807) is 6.07 Å². The van der Waals surface area contributed by atoms with E-state index < -0.39 is 17.2 Å². The van der Waals surface area contributed by atoms with Gasteiger partial charge in [-0.2, -0.15) is 5.26 Å². The van der Waals surface area contributed by atoms with E-state index in [0.29, 0.717) is 0 Å². The number of aryl methyl sites for hydroxylation is 1. The molecule has 3 rings (SSSR count). The highest BCUT2D eigenvalue weighted by atomic mass is 16.5. The van der Waals surface area contributed by atoms with Crippen molar-refractivity contribution >= 4 is 0 Å². The van der Waals surface area contributed by atoms with E-state index in [1.807, 2.05) is 31.2 Å². The van der Waals surface area contributed by atoms with Crippen LogP contribution in [0.4, 0.5) is 0 Å². The van der Waals surface area contributed by atoms with Gasteiger partial charge in [0, 0.05) is 0 Å². The largest absolute Gasteiger partial charge is 0.424 e. The van der Waals surface area contributed by atoms with E-state index in [9.17, 15) is 14.9 Å². The molecule has 1 atom stereocenters. The summed E-state index contributed by atoms with van der Waals surface area (Å²) in [5.74, 6) is -0.839. The molecule has 0 saturated heterocycles. The first-order valence-corrected chi connectivity index (χ1v) is 6.52. The Morgan fingerprint density at radius 2 is 2.09 bits per heavy atom. The average molecular weight is 296 g/mol. The van der Waals surface area contributed by atoms with Gasteiger partial charge in [-0.1, -0.05) is 29.8 Å². The van der Waals surface area contributed by atoms with Crippen LogP contribution in [0.1, 0.15) is 22.6 Å². The van der Waals surface area contributed by atoms with Gasteiger partial charge in [0.2, 0.25) is 11.8 Å². The van der Waals surface area contributed by atoms with Crippen LogP contribution < -0.4 is 21.7 Å². The van der Waals surface area contributed by atoms with Crippen molar-refractivity contribution in [1.29, 1.82) is 5.26 Å². The van der Waals surface area contributed by atoms with Crippen molar-refractivity contribution in [2.24, 2.45) is 5.73 Å². The lowest BCUT2D eigenvalue weighted by Gasteiger charge is -2.24. The summed E-state index contributed by atoms with van der Waals surface area (Å²) >= 11 is 0. The molecule has 2 heterocycles. The second kappa shape index (κ2) is 4.93. The summed E-state index contributed by atoms with van der Waals surface area (Å²) in [6.07, 6.45) is 0. The van der Waals surface area contributed by atoms with Crippen LogP contribution in [0.15, 0.2) is 45.3 Å². The summed E-state index contributed by atoms with van der Waals surface area (Å²) in [6, 6.07) is 9.37. The van der Waals surface area contributed by atoms with Gasteiger partial charge in [0.05, 0.1) is 11.5 Å². The zero-order valence-corrected chi connectivity index (χ0v) is 11.6. The van der Waals surface area contributed by atoms with E-state index in [-0.39, 0.29) is 22.9 Å². The highest BCUT2D eigenvalue weighted by Gasteiger charge is 2.33. The Balaban J connectivity index is 2.34. The second-order valence-electron chi connectivity index (χ2n) is 4.99. The Labute approximate surface area is 124 Å². The number of nitriles is 1. The SMILES string of the molecule is Cc1cccc([C@@H]2C(C#N)=C(N)Oc3[nH]c(=O)[nH]c(=O)c32)c1. The van der Waals surface area contributed by atoms with Crippen molar-refractivity contribution in [2.45, 2.75) is 12.8 Å². The molecule has 0 unspecified atom stereocenters. The molecule has 110 valence electrons. The number of aromatic amines is 2. The fraction of sp³-hybridized carbons (Fsp3) is 0.133. The molecule has 4 N–H and O–H groups in total. The molecule has 0 fully saturated rings. The standard InChI is InChI=1S/C15H12N4O3/c1-7-3-2-4-8(5-7)10-9(6-16)12(17)22-14-11(10)13(20)18-15(21)19-14/h2-5,10H,17H2,1H3,(H2,18,19,20,21)/t10-/m1/s1. The molecule has 0 amide bonds. The summed E-state index contributed by atoms with van der Waals surface area (Å²) in [6.45, 7) is 1.90. The Kier molecular flexibility index (Phi) is 3.07. The van der Waals surface area contributed by atoms with E-state index in [4.69, 9.17) is 10.5 Å². The molecule has 0 saturated carbocycles. The summed E-state index contributed by atoms with van der Waals surface area (Å²) in [7, 11) is 0. The molecule has 1 aliphatic heterocycles. The smallest absolute Gasteiger partial charge is 0.328 e. The zero-order valence-electron chi connectivity index (χ0n) is 11.6. The molecular weight excluding hydrogens is 284 g/mol. The van der Waals surface area contributed by atoms with E-state index >= 15 is 0 Å². The first-order valence-electron chi connectivity index (χ1n) is 6.52. The van der Waals surface area contributed by atoms with Crippen LogP contribution in [0.25, 0.3) is 0 Å². The van der Waals surface area contributed by atoms with Crippen LogP contribution in [0.2, 0.25) is 0 Å². The number of hydrogen-bond acceptors (Lipinski definition) is 5. The fourth-order valence-electron chi connectivity index (χ4n) is 2.57. The minimum Gasteiger partial charge on any atom is -0.424 e. The fourth-order valence-corrected chi connectivity index (χ4v) is 2.57. The third-order valence-electron chi connectivity index (χ3n) is 3.49. The van der Waals surface area contributed by atoms with Crippen LogP contribution in [0, 0.1) is 18.3 Å². The first-order chi connectivity index (χ1) is 10.5. The maximum Gasteiger partial charge on any atom is 0.328 e. The molecule has 22 heavy (non-hydrogen) atoms. The number of nitrogens with zero attached hydrogens (tertiary/aromatic N) is 1. The third kappa shape index (κ3) is 2.07. The number of nitrogens with two attached hydrogens (primary N) is 1. The quantitative estimate of drug-likeness (QED) is 0.710. The highest BCUT2D eigenvalue weighted by molar-refractivity contribution is 5.52. The Morgan fingerprint density at radius 3 is 2.77 bits per heavy atom. The lowest BCUT2D eigenvalue weighted by Crippen LogP contribution is -2.33. The van der Waals surface area contributed by atoms with Crippen LogP contribution in [-0.2, 0) is 0 Å².